The van der Waals surface area contributed by atoms with E-state index in [1.165, 1.54) is 24.9 Å². The van der Waals surface area contributed by atoms with E-state index >= 15 is 0 Å². The standard InChI is InChI=1S/C33H31Cl2N7O5/c1-40-25-10-13-36-29(26(25)31(43)41(2)33(40)46)38-22-9-5-7-20(28(22)35)19-6-4-8-21(27(19)34)23-16-37-24(30(39-23)47-3)17-42-14-11-18(12-15-42)32(44)45/h4-10,13,16,18H,11-12,14-15,17H2,1-3H3,(H,36,38)(H,44,45). The molecule has 0 atom stereocenters. The lowest BCUT2D eigenvalue weighted by molar-refractivity contribution is -0.143. The number of carbonyl (C=O) groups is 1. The molecule has 0 amide bonds. The van der Waals surface area contributed by atoms with Gasteiger partial charge in [-0.1, -0.05) is 53.5 Å². The summed E-state index contributed by atoms with van der Waals surface area (Å²) in [6, 6.07) is 12.5. The van der Waals surface area contributed by atoms with Crippen molar-refractivity contribution in [3.05, 3.63) is 91.4 Å². The summed E-state index contributed by atoms with van der Waals surface area (Å²) in [7, 11) is 4.55. The average Bonchev–Trinajstić information content (AvgIpc) is 3.08. The number of pyridine rings is 1. The Morgan fingerprint density at radius 1 is 0.979 bits per heavy atom. The van der Waals surface area contributed by atoms with Crippen LogP contribution in [0.15, 0.2) is 64.4 Å². The molecule has 1 aliphatic rings. The molecule has 0 bridgehead atoms. The highest BCUT2D eigenvalue weighted by atomic mass is 35.5. The van der Waals surface area contributed by atoms with Gasteiger partial charge >= 0.3 is 11.7 Å². The van der Waals surface area contributed by atoms with E-state index in [0.717, 1.165) is 4.57 Å². The molecule has 14 heteroatoms. The number of nitrogens with one attached hydrogen (secondary N) is 1. The molecule has 5 aromatic rings. The van der Waals surface area contributed by atoms with Crippen molar-refractivity contribution < 1.29 is 14.6 Å². The maximum absolute atomic E-state index is 13.1. The van der Waals surface area contributed by atoms with Gasteiger partial charge in [0, 0.05) is 43.5 Å². The number of piperidine rings is 1. The van der Waals surface area contributed by atoms with Gasteiger partial charge in [-0.3, -0.25) is 28.6 Å². The van der Waals surface area contributed by atoms with Crippen LogP contribution in [0, 0.1) is 5.92 Å². The number of aryl methyl sites for hydroxylation is 1. The number of hydrogen-bond acceptors (Lipinski definition) is 9. The summed E-state index contributed by atoms with van der Waals surface area (Å²) in [6.07, 6.45) is 4.33. The molecule has 2 N–H and O–H groups in total. The number of anilines is 2. The van der Waals surface area contributed by atoms with Crippen LogP contribution in [0.3, 0.4) is 0 Å². The smallest absolute Gasteiger partial charge is 0.330 e. The maximum Gasteiger partial charge on any atom is 0.330 e. The normalized spacial score (nSPS) is 14.0. The van der Waals surface area contributed by atoms with Gasteiger partial charge in [0.25, 0.3) is 5.56 Å². The van der Waals surface area contributed by atoms with Gasteiger partial charge in [0.2, 0.25) is 5.88 Å². The number of ether oxygens (including phenoxy) is 1. The minimum atomic E-state index is -0.752. The molecule has 0 aliphatic carbocycles. The Labute approximate surface area is 279 Å². The van der Waals surface area contributed by atoms with E-state index in [1.807, 2.05) is 30.3 Å². The van der Waals surface area contributed by atoms with Crippen LogP contribution >= 0.6 is 23.2 Å². The summed E-state index contributed by atoms with van der Waals surface area (Å²) in [4.78, 5) is 52.8. The number of aliphatic carboxylic acids is 1. The first-order chi connectivity index (χ1) is 22.6. The van der Waals surface area contributed by atoms with Crippen molar-refractivity contribution in [3.63, 3.8) is 0 Å². The zero-order valence-electron chi connectivity index (χ0n) is 25.8. The fraction of sp³-hybridized carbons (Fsp3) is 0.273. The van der Waals surface area contributed by atoms with Crippen molar-refractivity contribution in [2.24, 2.45) is 20.0 Å². The van der Waals surface area contributed by atoms with Gasteiger partial charge in [-0.25, -0.2) is 14.8 Å². The van der Waals surface area contributed by atoms with Crippen LogP contribution < -0.4 is 21.3 Å². The summed E-state index contributed by atoms with van der Waals surface area (Å²) in [5.74, 6) is -0.453. The molecule has 0 radical (unpaired) electrons. The van der Waals surface area contributed by atoms with Crippen LogP contribution in [0.4, 0.5) is 11.5 Å². The maximum atomic E-state index is 13.1. The third-order valence-corrected chi connectivity index (χ3v) is 9.33. The summed E-state index contributed by atoms with van der Waals surface area (Å²) < 4.78 is 8.02. The predicted molar refractivity (Wildman–Crippen MR) is 181 cm³/mol. The molecule has 3 aromatic heterocycles. The molecule has 1 fully saturated rings. The average molecular weight is 677 g/mol. The zero-order chi connectivity index (χ0) is 33.4. The van der Waals surface area contributed by atoms with Crippen molar-refractivity contribution in [2.75, 3.05) is 25.5 Å². The fourth-order valence-electron chi connectivity index (χ4n) is 5.87. The number of aromatic nitrogens is 5. The number of likely N-dealkylation sites (tertiary alicyclic amines) is 1. The third kappa shape index (κ3) is 6.07. The van der Waals surface area contributed by atoms with Crippen molar-refractivity contribution in [1.82, 2.24) is 29.0 Å². The number of nitrogens with zero attached hydrogens (tertiary/aromatic N) is 6. The first-order valence-electron chi connectivity index (χ1n) is 14.8. The zero-order valence-corrected chi connectivity index (χ0v) is 27.3. The summed E-state index contributed by atoms with van der Waals surface area (Å²) in [5, 5.41) is 13.5. The van der Waals surface area contributed by atoms with Gasteiger partial charge in [0.05, 0.1) is 46.2 Å². The Morgan fingerprint density at radius 2 is 1.66 bits per heavy atom. The second-order valence-electron chi connectivity index (χ2n) is 11.3. The molecule has 1 aliphatic heterocycles. The molecule has 4 heterocycles. The Kier molecular flexibility index (Phi) is 9.00. The minimum absolute atomic E-state index is 0.249. The molecular weight excluding hydrogens is 645 g/mol. The van der Waals surface area contributed by atoms with Gasteiger partial charge in [0.15, 0.2) is 0 Å². The van der Waals surface area contributed by atoms with Crippen molar-refractivity contribution >= 4 is 51.6 Å². The van der Waals surface area contributed by atoms with Crippen molar-refractivity contribution in [1.29, 1.82) is 0 Å². The first kappa shape index (κ1) is 32.2. The highest BCUT2D eigenvalue weighted by Crippen LogP contribution is 2.42. The largest absolute Gasteiger partial charge is 0.481 e. The van der Waals surface area contributed by atoms with E-state index in [0.29, 0.717) is 87.7 Å². The summed E-state index contributed by atoms with van der Waals surface area (Å²) >= 11 is 14.0. The molecule has 242 valence electrons. The molecule has 0 spiro atoms. The molecule has 1 saturated heterocycles. The van der Waals surface area contributed by atoms with Crippen LogP contribution in [0.5, 0.6) is 5.88 Å². The van der Waals surface area contributed by atoms with Crippen LogP contribution in [-0.2, 0) is 25.4 Å². The number of carboxylic acid groups (broad SMARTS) is 1. The van der Waals surface area contributed by atoms with Crippen molar-refractivity contribution in [3.8, 4) is 28.3 Å². The van der Waals surface area contributed by atoms with E-state index in [1.54, 1.807) is 25.4 Å². The Morgan fingerprint density at radius 3 is 2.36 bits per heavy atom. The van der Waals surface area contributed by atoms with Gasteiger partial charge in [-0.05, 0) is 38.1 Å². The minimum Gasteiger partial charge on any atom is -0.481 e. The number of methoxy groups -OCH3 is 1. The molecule has 0 saturated carbocycles. The summed E-state index contributed by atoms with van der Waals surface area (Å²) in [6.45, 7) is 1.79. The molecule has 6 rings (SSSR count). The fourth-order valence-corrected chi connectivity index (χ4v) is 6.47. The number of rotatable bonds is 8. The number of halogens is 2. The second-order valence-corrected chi connectivity index (χ2v) is 12.1. The van der Waals surface area contributed by atoms with Crippen LogP contribution in [0.25, 0.3) is 33.3 Å². The van der Waals surface area contributed by atoms with E-state index in [2.05, 4.69) is 20.2 Å². The third-order valence-electron chi connectivity index (χ3n) is 8.51. The number of fused-ring (bicyclic) bond motifs is 1. The van der Waals surface area contributed by atoms with Crippen LogP contribution in [0.2, 0.25) is 10.0 Å². The number of benzene rings is 2. The highest BCUT2D eigenvalue weighted by molar-refractivity contribution is 6.39. The second kappa shape index (κ2) is 13.1. The van der Waals surface area contributed by atoms with Gasteiger partial charge in [-0.15, -0.1) is 0 Å². The Bertz CT molecular complexity index is 2140. The van der Waals surface area contributed by atoms with Gasteiger partial charge < -0.3 is 15.2 Å². The van der Waals surface area contributed by atoms with E-state index in [-0.39, 0.29) is 17.1 Å². The van der Waals surface area contributed by atoms with Gasteiger partial charge in [0.1, 0.15) is 16.9 Å². The van der Waals surface area contributed by atoms with E-state index in [9.17, 15) is 19.5 Å². The Balaban J connectivity index is 1.31. The SMILES string of the molecule is COc1nc(-c2cccc(-c3cccc(Nc4nccc5c4c(=O)n(C)c(=O)n5C)c3Cl)c2Cl)cnc1CN1CCC(C(=O)O)CC1. The van der Waals surface area contributed by atoms with E-state index < -0.39 is 17.2 Å². The predicted octanol–water partition coefficient (Wildman–Crippen LogP) is 5.11. The molecular formula is C33H31Cl2N7O5. The molecule has 47 heavy (non-hydrogen) atoms. The lowest BCUT2D eigenvalue weighted by Crippen LogP contribution is -2.37. The van der Waals surface area contributed by atoms with Crippen molar-refractivity contribution in [2.45, 2.75) is 19.4 Å². The van der Waals surface area contributed by atoms with Crippen LogP contribution in [-0.4, -0.2) is 60.3 Å². The summed E-state index contributed by atoms with van der Waals surface area (Å²) in [5.41, 5.74) is 3.06. The van der Waals surface area contributed by atoms with E-state index in [4.69, 9.17) is 32.9 Å². The molecule has 12 nitrogen and oxygen atoms in total. The Hall–Kier alpha value is -4.78. The topological polar surface area (TPSA) is 144 Å². The van der Waals surface area contributed by atoms with Crippen LogP contribution in [0.1, 0.15) is 18.5 Å². The van der Waals surface area contributed by atoms with Gasteiger partial charge in [-0.2, -0.15) is 0 Å². The highest BCUT2D eigenvalue weighted by Gasteiger charge is 2.26. The quantitative estimate of drug-likeness (QED) is 0.228. The lowest BCUT2D eigenvalue weighted by Gasteiger charge is -2.29. The lowest BCUT2D eigenvalue weighted by atomic mass is 9.97. The number of carboxylic acids is 1. The molecule has 0 unspecified atom stereocenters. The number of hydrogen-bond donors (Lipinski definition) is 2. The monoisotopic (exact) mass is 675 g/mol. The molecule has 2 aromatic carbocycles. The first-order valence-corrected chi connectivity index (χ1v) is 15.6.